The van der Waals surface area contributed by atoms with Crippen LogP contribution in [-0.4, -0.2) is 44.9 Å². The zero-order chi connectivity index (χ0) is 13.4. The van der Waals surface area contributed by atoms with Gasteiger partial charge in [0.25, 0.3) is 0 Å². The van der Waals surface area contributed by atoms with Gasteiger partial charge in [0, 0.05) is 6.54 Å². The second-order valence-electron chi connectivity index (χ2n) is 4.22. The van der Waals surface area contributed by atoms with E-state index in [0.29, 0.717) is 17.9 Å². The molecular weight excluding hydrogens is 284 g/mol. The fourth-order valence-electron chi connectivity index (χ4n) is 2.29. The third-order valence-electron chi connectivity index (χ3n) is 3.14. The van der Waals surface area contributed by atoms with E-state index in [9.17, 15) is 9.90 Å². The summed E-state index contributed by atoms with van der Waals surface area (Å²) in [4.78, 5) is 26.0. The van der Waals surface area contributed by atoms with Crippen molar-refractivity contribution < 1.29 is 9.90 Å². The molecule has 3 rings (SSSR count). The molecule has 3 heterocycles. The third kappa shape index (κ3) is 2.14. The number of thioether (sulfide) groups is 1. The van der Waals surface area contributed by atoms with Crippen LogP contribution in [0.5, 0.6) is 0 Å². The lowest BCUT2D eigenvalue weighted by atomic mass is 10.2. The number of aliphatic carboxylic acids is 1. The zero-order valence-corrected chi connectivity index (χ0v) is 11.9. The zero-order valence-electron chi connectivity index (χ0n) is 10.2. The molecule has 0 amide bonds. The Bertz CT molecular complexity index is 630. The van der Waals surface area contributed by atoms with E-state index in [0.717, 1.165) is 22.0 Å². The third-order valence-corrected chi connectivity index (χ3v) is 5.16. The van der Waals surface area contributed by atoms with Gasteiger partial charge in [-0.15, -0.1) is 11.3 Å². The van der Waals surface area contributed by atoms with Crippen LogP contribution in [0.15, 0.2) is 10.7 Å². The molecule has 1 aliphatic rings. The van der Waals surface area contributed by atoms with Crippen molar-refractivity contribution in [2.75, 3.05) is 17.7 Å². The lowest BCUT2D eigenvalue weighted by Crippen LogP contribution is -2.36. The summed E-state index contributed by atoms with van der Waals surface area (Å²) in [5, 5.41) is 9.27. The van der Waals surface area contributed by atoms with Crippen LogP contribution < -0.4 is 4.90 Å². The first-order valence-corrected chi connectivity index (χ1v) is 7.90. The maximum absolute atomic E-state index is 11.3. The lowest BCUT2D eigenvalue weighted by molar-refractivity contribution is -0.138. The van der Waals surface area contributed by atoms with Crippen molar-refractivity contribution in [1.29, 1.82) is 0 Å². The fourth-order valence-corrected chi connectivity index (χ4v) is 3.81. The van der Waals surface area contributed by atoms with Crippen molar-refractivity contribution in [2.45, 2.75) is 23.2 Å². The first kappa shape index (κ1) is 12.6. The fraction of sp³-hybridized carbons (Fsp3) is 0.455. The Hall–Kier alpha value is -1.41. The smallest absolute Gasteiger partial charge is 0.326 e. The van der Waals surface area contributed by atoms with E-state index in [4.69, 9.17) is 0 Å². The number of nitrogens with zero attached hydrogens (tertiary/aromatic N) is 4. The Morgan fingerprint density at radius 3 is 3.16 bits per heavy atom. The van der Waals surface area contributed by atoms with E-state index in [-0.39, 0.29) is 0 Å². The topological polar surface area (TPSA) is 79.2 Å². The number of rotatable bonds is 3. The molecule has 0 aromatic carbocycles. The van der Waals surface area contributed by atoms with Crippen molar-refractivity contribution in [3.63, 3.8) is 0 Å². The standard InChI is InChI=1S/C11H12N4O2S2/c1-18-11-14-8-7(19-11)9(13-5-12-8)15-4-2-3-6(15)10(16)17/h5-6H,2-4H2,1H3,(H,16,17)/t6-/m0/s1. The molecule has 0 spiro atoms. The van der Waals surface area contributed by atoms with Crippen LogP contribution in [0.3, 0.4) is 0 Å². The highest BCUT2D eigenvalue weighted by Gasteiger charge is 2.33. The van der Waals surface area contributed by atoms with Gasteiger partial charge in [-0.25, -0.2) is 19.7 Å². The van der Waals surface area contributed by atoms with E-state index in [1.54, 1.807) is 11.8 Å². The summed E-state index contributed by atoms with van der Waals surface area (Å²) < 4.78 is 1.79. The monoisotopic (exact) mass is 296 g/mol. The second-order valence-corrected chi connectivity index (χ2v) is 6.28. The number of carbonyl (C=O) groups is 1. The highest BCUT2D eigenvalue weighted by Crippen LogP contribution is 2.35. The molecule has 0 saturated carbocycles. The van der Waals surface area contributed by atoms with Gasteiger partial charge in [0.2, 0.25) is 0 Å². The van der Waals surface area contributed by atoms with Gasteiger partial charge in [-0.3, -0.25) is 0 Å². The number of thiazole rings is 1. The largest absolute Gasteiger partial charge is 0.480 e. The number of anilines is 1. The molecule has 0 radical (unpaired) electrons. The molecule has 0 aliphatic carbocycles. The van der Waals surface area contributed by atoms with Crippen molar-refractivity contribution in [3.8, 4) is 0 Å². The van der Waals surface area contributed by atoms with Gasteiger partial charge < -0.3 is 10.0 Å². The van der Waals surface area contributed by atoms with Crippen molar-refractivity contribution in [2.24, 2.45) is 0 Å². The maximum atomic E-state index is 11.3. The van der Waals surface area contributed by atoms with E-state index in [2.05, 4.69) is 15.0 Å². The van der Waals surface area contributed by atoms with Crippen LogP contribution in [-0.2, 0) is 4.79 Å². The van der Waals surface area contributed by atoms with Gasteiger partial charge in [0.05, 0.1) is 0 Å². The average Bonchev–Trinajstić information content (AvgIpc) is 3.04. The summed E-state index contributed by atoms with van der Waals surface area (Å²) in [5.41, 5.74) is 0.649. The average molecular weight is 296 g/mol. The molecule has 19 heavy (non-hydrogen) atoms. The Balaban J connectivity index is 2.09. The Morgan fingerprint density at radius 2 is 2.42 bits per heavy atom. The van der Waals surface area contributed by atoms with Gasteiger partial charge in [0.15, 0.2) is 15.8 Å². The number of carboxylic acid groups (broad SMARTS) is 1. The van der Waals surface area contributed by atoms with E-state index in [1.165, 1.54) is 17.7 Å². The van der Waals surface area contributed by atoms with Gasteiger partial charge in [-0.1, -0.05) is 11.8 Å². The summed E-state index contributed by atoms with van der Waals surface area (Å²) in [6, 6.07) is -0.488. The predicted molar refractivity (Wildman–Crippen MR) is 75.0 cm³/mol. The van der Waals surface area contributed by atoms with Crippen LogP contribution in [0, 0.1) is 0 Å². The summed E-state index contributed by atoms with van der Waals surface area (Å²) in [7, 11) is 0. The molecule has 2 aromatic rings. The number of fused-ring (bicyclic) bond motifs is 1. The van der Waals surface area contributed by atoms with Gasteiger partial charge in [-0.05, 0) is 19.1 Å². The predicted octanol–water partition coefficient (Wildman–Crippen LogP) is 1.86. The normalized spacial score (nSPS) is 19.2. The molecule has 1 aliphatic heterocycles. The minimum Gasteiger partial charge on any atom is -0.480 e. The minimum absolute atomic E-state index is 0.488. The van der Waals surface area contributed by atoms with Gasteiger partial charge >= 0.3 is 5.97 Å². The molecule has 1 saturated heterocycles. The van der Waals surface area contributed by atoms with Crippen LogP contribution in [0.4, 0.5) is 5.82 Å². The van der Waals surface area contributed by atoms with Crippen molar-refractivity contribution in [3.05, 3.63) is 6.33 Å². The van der Waals surface area contributed by atoms with Gasteiger partial charge in [0.1, 0.15) is 17.1 Å². The molecule has 100 valence electrons. The Kier molecular flexibility index (Phi) is 3.28. The van der Waals surface area contributed by atoms with Crippen LogP contribution in [0.25, 0.3) is 10.3 Å². The van der Waals surface area contributed by atoms with Crippen molar-refractivity contribution in [1.82, 2.24) is 15.0 Å². The minimum atomic E-state index is -0.793. The summed E-state index contributed by atoms with van der Waals surface area (Å²) in [5.74, 6) is -0.0911. The van der Waals surface area contributed by atoms with E-state index < -0.39 is 12.0 Å². The molecule has 1 fully saturated rings. The van der Waals surface area contributed by atoms with Crippen molar-refractivity contribution >= 4 is 45.2 Å². The number of aromatic nitrogens is 3. The molecular formula is C11H12N4O2S2. The molecule has 6 nitrogen and oxygen atoms in total. The number of hydrogen-bond donors (Lipinski definition) is 1. The maximum Gasteiger partial charge on any atom is 0.326 e. The first-order chi connectivity index (χ1) is 9.20. The summed E-state index contributed by atoms with van der Waals surface area (Å²) >= 11 is 3.07. The lowest BCUT2D eigenvalue weighted by Gasteiger charge is -2.22. The number of hydrogen-bond acceptors (Lipinski definition) is 7. The molecule has 2 aromatic heterocycles. The Morgan fingerprint density at radius 1 is 1.58 bits per heavy atom. The second kappa shape index (κ2) is 4.93. The molecule has 1 N–H and O–H groups in total. The van der Waals surface area contributed by atoms with Crippen LogP contribution in [0.1, 0.15) is 12.8 Å². The first-order valence-electron chi connectivity index (χ1n) is 5.85. The summed E-state index contributed by atoms with van der Waals surface area (Å²) in [6.07, 6.45) is 4.95. The Labute approximate surface area is 117 Å². The highest BCUT2D eigenvalue weighted by molar-refractivity contribution is 8.00. The van der Waals surface area contributed by atoms with E-state index >= 15 is 0 Å². The van der Waals surface area contributed by atoms with Gasteiger partial charge in [-0.2, -0.15) is 0 Å². The molecule has 0 unspecified atom stereocenters. The van der Waals surface area contributed by atoms with Crippen LogP contribution >= 0.6 is 23.1 Å². The highest BCUT2D eigenvalue weighted by atomic mass is 32.2. The molecule has 0 bridgehead atoms. The van der Waals surface area contributed by atoms with E-state index in [1.807, 2.05) is 11.2 Å². The molecule has 1 atom stereocenters. The van der Waals surface area contributed by atoms with Crippen LogP contribution in [0.2, 0.25) is 0 Å². The molecule has 8 heteroatoms. The number of carboxylic acids is 1. The SMILES string of the molecule is CSc1nc2ncnc(N3CCC[C@H]3C(=O)O)c2s1. The quantitative estimate of drug-likeness (QED) is 0.866. The summed E-state index contributed by atoms with van der Waals surface area (Å²) in [6.45, 7) is 0.718.